The number of ether oxygens (including phenoxy) is 1. The molecule has 0 radical (unpaired) electrons. The molecule has 2 rings (SSSR count). The third kappa shape index (κ3) is 18.6. The van der Waals surface area contributed by atoms with Crippen molar-refractivity contribution >= 4 is 5.97 Å². The normalized spacial score (nSPS) is 9.31. The number of carbonyl (C=O) groups is 1. The Labute approximate surface area is 174 Å². The Morgan fingerprint density at radius 2 is 1.59 bits per heavy atom. The van der Waals surface area contributed by atoms with Gasteiger partial charge < -0.3 is 14.9 Å². The lowest BCUT2D eigenvalue weighted by Gasteiger charge is -1.99. The molecule has 5 heteroatoms. The van der Waals surface area contributed by atoms with Crippen LogP contribution in [0.25, 0.3) is 0 Å². The Morgan fingerprint density at radius 3 is 2.10 bits per heavy atom. The molecule has 0 saturated heterocycles. The second-order valence-corrected chi connectivity index (χ2v) is 5.44. The Kier molecular flexibility index (Phi) is 21.6. The molecule has 162 valence electrons. The number of allylic oxidation sites excluding steroid dienone is 1. The summed E-state index contributed by atoms with van der Waals surface area (Å²) < 4.78 is 17.8. The van der Waals surface area contributed by atoms with Crippen LogP contribution in [0, 0.1) is 5.82 Å². The van der Waals surface area contributed by atoms with Crippen LogP contribution in [-0.2, 0) is 22.6 Å². The fraction of sp³-hybridized carbons (Fsp3) is 0.375. The van der Waals surface area contributed by atoms with Gasteiger partial charge in [0.05, 0.1) is 13.2 Å². The quantitative estimate of drug-likeness (QED) is 0.439. The van der Waals surface area contributed by atoms with Gasteiger partial charge >= 0.3 is 5.97 Å². The maximum absolute atomic E-state index is 12.4. The average Bonchev–Trinajstić information content (AvgIpc) is 2.77. The number of benzene rings is 2. The number of carboxylic acid groups (broad SMARTS) is 1. The van der Waals surface area contributed by atoms with Gasteiger partial charge in [0.15, 0.2) is 0 Å². The molecule has 2 N–H and O–H groups in total. The van der Waals surface area contributed by atoms with E-state index < -0.39 is 5.97 Å². The van der Waals surface area contributed by atoms with E-state index in [2.05, 4.69) is 12.1 Å². The van der Waals surface area contributed by atoms with E-state index in [0.717, 1.165) is 12.7 Å². The average molecular weight is 407 g/mol. The molecule has 0 amide bonds. The molecule has 0 aliphatic heterocycles. The van der Waals surface area contributed by atoms with E-state index in [0.29, 0.717) is 26.1 Å². The fourth-order valence-electron chi connectivity index (χ4n) is 2.01. The van der Waals surface area contributed by atoms with Crippen LogP contribution in [0.4, 0.5) is 4.39 Å². The van der Waals surface area contributed by atoms with Crippen LogP contribution in [0.2, 0.25) is 0 Å². The van der Waals surface area contributed by atoms with Gasteiger partial charge in [-0.25, -0.2) is 4.39 Å². The molecule has 0 fully saturated rings. The smallest absolute Gasteiger partial charge is 0.303 e. The van der Waals surface area contributed by atoms with E-state index in [1.807, 2.05) is 51.1 Å². The highest BCUT2D eigenvalue weighted by Gasteiger charge is 1.98. The molecule has 2 aromatic carbocycles. The molecule has 0 heterocycles. The predicted molar refractivity (Wildman–Crippen MR) is 117 cm³/mol. The highest BCUT2D eigenvalue weighted by Crippen LogP contribution is 2.06. The third-order valence-electron chi connectivity index (χ3n) is 3.33. The predicted octanol–water partition coefficient (Wildman–Crippen LogP) is 5.65. The summed E-state index contributed by atoms with van der Waals surface area (Å²) >= 11 is 0. The van der Waals surface area contributed by atoms with E-state index in [4.69, 9.17) is 14.9 Å². The number of aliphatic carboxylic acids is 1. The second kappa shape index (κ2) is 21.8. The lowest BCUT2D eigenvalue weighted by atomic mass is 10.1. The molecule has 0 atom stereocenters. The number of carboxylic acids is 1. The first kappa shape index (κ1) is 28.7. The number of hydrogen-bond acceptors (Lipinski definition) is 3. The Balaban J connectivity index is 0. The summed E-state index contributed by atoms with van der Waals surface area (Å²) in [5, 5.41) is 15.4. The number of aliphatic hydroxyl groups excluding tert-OH is 1. The Hall–Kier alpha value is -2.50. The monoisotopic (exact) mass is 406 g/mol. The zero-order valence-electron chi connectivity index (χ0n) is 18.0. The molecule has 4 nitrogen and oxygen atoms in total. The number of aryl methyl sites for hydroxylation is 1. The Bertz CT molecular complexity index is 625. The van der Waals surface area contributed by atoms with Crippen molar-refractivity contribution in [3.8, 4) is 0 Å². The summed E-state index contributed by atoms with van der Waals surface area (Å²) in [7, 11) is 1.00. The second-order valence-electron chi connectivity index (χ2n) is 5.44. The van der Waals surface area contributed by atoms with Gasteiger partial charge in [-0.3, -0.25) is 4.79 Å². The van der Waals surface area contributed by atoms with Crippen LogP contribution < -0.4 is 0 Å². The molecule has 0 unspecified atom stereocenters. The minimum absolute atomic E-state index is 0.164. The molecule has 2 aromatic rings. The van der Waals surface area contributed by atoms with E-state index >= 15 is 0 Å². The first-order valence-electron chi connectivity index (χ1n) is 9.75. The summed E-state index contributed by atoms with van der Waals surface area (Å²) in [4.78, 5) is 10.2. The standard InChI is InChI=1S/C11H14O.C10H11FO2.C2H6.CH4O/c1-2-3-9-12-10-11-7-5-4-6-8-11;11-9-6-4-8(5-7-9)2-1-3-10(12)13;2*1-2/h2-8H,9-10H2,1H3;4-7H,1-3H2,(H,12,13);1-2H3;2H,1H3/b3-2-;;;. The SMILES string of the molecule is C/C=C\COCc1ccccc1.CC.CO.O=C(O)CCCc1ccc(F)cc1. The Morgan fingerprint density at radius 1 is 1.00 bits per heavy atom. The molecule has 0 aliphatic rings. The summed E-state index contributed by atoms with van der Waals surface area (Å²) in [6, 6.07) is 16.3. The van der Waals surface area contributed by atoms with Crippen molar-refractivity contribution in [2.75, 3.05) is 13.7 Å². The van der Waals surface area contributed by atoms with Gasteiger partial charge in [0.2, 0.25) is 0 Å². The molecule has 0 aromatic heterocycles. The van der Waals surface area contributed by atoms with Crippen LogP contribution in [0.15, 0.2) is 66.7 Å². The summed E-state index contributed by atoms with van der Waals surface area (Å²) in [6.07, 6.45) is 5.44. The van der Waals surface area contributed by atoms with Crippen molar-refractivity contribution in [3.63, 3.8) is 0 Å². The van der Waals surface area contributed by atoms with Crippen molar-refractivity contribution < 1.29 is 24.1 Å². The minimum Gasteiger partial charge on any atom is -0.481 e. The van der Waals surface area contributed by atoms with Gasteiger partial charge in [0, 0.05) is 13.5 Å². The molecular weight excluding hydrogens is 371 g/mol. The van der Waals surface area contributed by atoms with E-state index in [-0.39, 0.29) is 12.2 Å². The molecule has 0 aliphatic carbocycles. The number of rotatable bonds is 8. The van der Waals surface area contributed by atoms with Crippen molar-refractivity contribution in [1.29, 1.82) is 0 Å². The lowest BCUT2D eigenvalue weighted by Crippen LogP contribution is -1.95. The highest BCUT2D eigenvalue weighted by atomic mass is 19.1. The largest absolute Gasteiger partial charge is 0.481 e. The topological polar surface area (TPSA) is 66.8 Å². The van der Waals surface area contributed by atoms with Crippen LogP contribution in [0.3, 0.4) is 0 Å². The molecule has 29 heavy (non-hydrogen) atoms. The summed E-state index contributed by atoms with van der Waals surface area (Å²) in [6.45, 7) is 7.39. The van der Waals surface area contributed by atoms with E-state index in [9.17, 15) is 9.18 Å². The van der Waals surface area contributed by atoms with E-state index in [1.165, 1.54) is 17.7 Å². The van der Waals surface area contributed by atoms with Gasteiger partial charge in [0.25, 0.3) is 0 Å². The lowest BCUT2D eigenvalue weighted by molar-refractivity contribution is -0.137. The van der Waals surface area contributed by atoms with Crippen molar-refractivity contribution in [2.24, 2.45) is 0 Å². The van der Waals surface area contributed by atoms with Crippen molar-refractivity contribution in [2.45, 2.75) is 46.6 Å². The molecular formula is C24H35FO4. The minimum atomic E-state index is -0.790. The number of halogens is 1. The zero-order valence-corrected chi connectivity index (χ0v) is 18.0. The number of hydrogen-bond donors (Lipinski definition) is 2. The van der Waals surface area contributed by atoms with Gasteiger partial charge in [-0.2, -0.15) is 0 Å². The van der Waals surface area contributed by atoms with E-state index in [1.54, 1.807) is 12.1 Å². The van der Waals surface area contributed by atoms with Crippen molar-refractivity contribution in [3.05, 3.63) is 83.7 Å². The fourth-order valence-corrected chi connectivity index (χ4v) is 2.01. The van der Waals surface area contributed by atoms with Gasteiger partial charge in [-0.05, 0) is 43.0 Å². The van der Waals surface area contributed by atoms with Gasteiger partial charge in [-0.1, -0.05) is 68.5 Å². The number of aliphatic hydroxyl groups is 1. The maximum atomic E-state index is 12.4. The zero-order chi connectivity index (χ0) is 22.3. The first-order valence-corrected chi connectivity index (χ1v) is 9.75. The molecule has 0 saturated carbocycles. The third-order valence-corrected chi connectivity index (χ3v) is 3.33. The van der Waals surface area contributed by atoms with Gasteiger partial charge in [0.1, 0.15) is 5.82 Å². The first-order chi connectivity index (χ1) is 14.1. The summed E-state index contributed by atoms with van der Waals surface area (Å²) in [5.74, 6) is -1.05. The van der Waals surface area contributed by atoms with Gasteiger partial charge in [-0.15, -0.1) is 0 Å². The molecule has 0 spiro atoms. The van der Waals surface area contributed by atoms with Crippen LogP contribution in [0.1, 0.15) is 44.7 Å². The van der Waals surface area contributed by atoms with Crippen LogP contribution in [-0.4, -0.2) is 29.9 Å². The maximum Gasteiger partial charge on any atom is 0.303 e. The molecule has 0 bridgehead atoms. The van der Waals surface area contributed by atoms with Crippen LogP contribution in [0.5, 0.6) is 0 Å². The highest BCUT2D eigenvalue weighted by molar-refractivity contribution is 5.66. The van der Waals surface area contributed by atoms with Crippen molar-refractivity contribution in [1.82, 2.24) is 0 Å². The van der Waals surface area contributed by atoms with Crippen LogP contribution >= 0.6 is 0 Å². The summed E-state index contributed by atoms with van der Waals surface area (Å²) in [5.41, 5.74) is 2.20.